The van der Waals surface area contributed by atoms with Gasteiger partial charge in [-0.2, -0.15) is 5.26 Å². The maximum Gasteiger partial charge on any atom is 0.259 e. The molecular formula is C24H18FN5O2S. The zero-order valence-electron chi connectivity index (χ0n) is 17.6. The fourth-order valence-corrected chi connectivity index (χ4v) is 5.06. The van der Waals surface area contributed by atoms with Crippen LogP contribution in [-0.4, -0.2) is 34.5 Å². The van der Waals surface area contributed by atoms with Crippen molar-refractivity contribution in [2.24, 2.45) is 0 Å². The van der Waals surface area contributed by atoms with Crippen molar-refractivity contribution in [3.05, 3.63) is 65.7 Å². The van der Waals surface area contributed by atoms with Crippen molar-refractivity contribution in [1.82, 2.24) is 10.3 Å². The highest BCUT2D eigenvalue weighted by Crippen LogP contribution is 2.48. The van der Waals surface area contributed by atoms with Gasteiger partial charge in [0.1, 0.15) is 23.1 Å². The molecule has 2 heterocycles. The normalized spacial score (nSPS) is 16.8. The van der Waals surface area contributed by atoms with Crippen LogP contribution < -0.4 is 15.1 Å². The first-order chi connectivity index (χ1) is 15.9. The van der Waals surface area contributed by atoms with Gasteiger partial charge in [0.05, 0.1) is 17.4 Å². The lowest BCUT2D eigenvalue weighted by atomic mass is 9.75. The lowest BCUT2D eigenvalue weighted by Gasteiger charge is -2.43. The number of pyridine rings is 1. The van der Waals surface area contributed by atoms with E-state index >= 15 is 0 Å². The van der Waals surface area contributed by atoms with E-state index in [-0.39, 0.29) is 22.3 Å². The van der Waals surface area contributed by atoms with Gasteiger partial charge in [-0.05, 0) is 49.7 Å². The minimum Gasteiger partial charge on any atom is -0.355 e. The van der Waals surface area contributed by atoms with Gasteiger partial charge in [0.25, 0.3) is 11.8 Å². The molecule has 5 rings (SSSR count). The van der Waals surface area contributed by atoms with E-state index in [0.717, 1.165) is 6.42 Å². The van der Waals surface area contributed by atoms with Gasteiger partial charge >= 0.3 is 0 Å². The predicted molar refractivity (Wildman–Crippen MR) is 125 cm³/mol. The van der Waals surface area contributed by atoms with Gasteiger partial charge in [-0.15, -0.1) is 0 Å². The van der Waals surface area contributed by atoms with Gasteiger partial charge in [0.2, 0.25) is 0 Å². The third-order valence-electron chi connectivity index (χ3n) is 6.40. The van der Waals surface area contributed by atoms with Gasteiger partial charge in [-0.25, -0.2) is 9.37 Å². The Labute approximate surface area is 194 Å². The van der Waals surface area contributed by atoms with Crippen LogP contribution in [0.15, 0.2) is 48.7 Å². The van der Waals surface area contributed by atoms with Gasteiger partial charge in [0, 0.05) is 23.5 Å². The van der Waals surface area contributed by atoms with Gasteiger partial charge < -0.3 is 10.2 Å². The van der Waals surface area contributed by atoms with Crippen LogP contribution in [0.5, 0.6) is 0 Å². The standard InChI is InChI=1S/C24H18FN5O2S/c1-27-21(31)17-8-7-14(11-18(17)25)30-23(33)29(22(32)24(30)9-4-10-24)20-13-28-19(12-26)15-5-2-3-6-16(15)20/h2-3,5-8,11,13H,4,9-10H2,1H3,(H,27,31). The second-order valence-electron chi connectivity index (χ2n) is 8.04. The summed E-state index contributed by atoms with van der Waals surface area (Å²) in [6.45, 7) is 0. The number of anilines is 2. The summed E-state index contributed by atoms with van der Waals surface area (Å²) in [5.41, 5.74) is 0.156. The van der Waals surface area contributed by atoms with Crippen molar-refractivity contribution in [2.45, 2.75) is 24.8 Å². The molecule has 1 saturated carbocycles. The molecule has 0 bridgehead atoms. The Bertz CT molecular complexity index is 1400. The molecule has 1 aliphatic heterocycles. The third-order valence-corrected chi connectivity index (χ3v) is 6.76. The first-order valence-electron chi connectivity index (χ1n) is 10.4. The fraction of sp³-hybridized carbons (Fsp3) is 0.208. The summed E-state index contributed by atoms with van der Waals surface area (Å²) in [4.78, 5) is 33.0. The average molecular weight is 460 g/mol. The number of rotatable bonds is 3. The highest BCUT2D eigenvalue weighted by Gasteiger charge is 2.59. The summed E-state index contributed by atoms with van der Waals surface area (Å²) < 4.78 is 14.8. The molecule has 2 fully saturated rings. The number of carbonyl (C=O) groups excluding carboxylic acids is 2. The zero-order chi connectivity index (χ0) is 23.3. The molecule has 2 amide bonds. The molecule has 0 atom stereocenters. The average Bonchev–Trinajstić information content (AvgIpc) is 3.04. The molecule has 2 aromatic carbocycles. The second kappa shape index (κ2) is 7.60. The third kappa shape index (κ3) is 2.91. The molecule has 164 valence electrons. The lowest BCUT2D eigenvalue weighted by Crippen LogP contribution is -2.55. The topological polar surface area (TPSA) is 89.3 Å². The summed E-state index contributed by atoms with van der Waals surface area (Å²) in [5, 5.41) is 13.4. The van der Waals surface area contributed by atoms with E-state index in [0.29, 0.717) is 35.0 Å². The molecule has 1 aliphatic carbocycles. The first-order valence-corrected chi connectivity index (χ1v) is 10.8. The van der Waals surface area contributed by atoms with Crippen LogP contribution in [0, 0.1) is 17.1 Å². The van der Waals surface area contributed by atoms with E-state index in [1.807, 2.05) is 12.1 Å². The van der Waals surface area contributed by atoms with E-state index in [1.165, 1.54) is 30.3 Å². The minimum absolute atomic E-state index is 0.0838. The Kier molecular flexibility index (Phi) is 4.83. The number of thiocarbonyl (C=S) groups is 1. The SMILES string of the molecule is CNC(=O)c1ccc(N2C(=S)N(c3cnc(C#N)c4ccccc34)C(=O)C23CCC3)cc1F. The van der Waals surface area contributed by atoms with Crippen LogP contribution in [0.4, 0.5) is 15.8 Å². The lowest BCUT2D eigenvalue weighted by molar-refractivity contribution is -0.123. The Morgan fingerprint density at radius 1 is 1.24 bits per heavy atom. The van der Waals surface area contributed by atoms with Crippen molar-refractivity contribution < 1.29 is 14.0 Å². The molecular weight excluding hydrogens is 441 g/mol. The number of amides is 2. The van der Waals surface area contributed by atoms with E-state index in [4.69, 9.17) is 12.2 Å². The highest BCUT2D eigenvalue weighted by molar-refractivity contribution is 7.81. The number of fused-ring (bicyclic) bond motifs is 1. The maximum absolute atomic E-state index is 14.8. The number of nitrogens with zero attached hydrogens (tertiary/aromatic N) is 4. The van der Waals surface area contributed by atoms with Crippen molar-refractivity contribution in [3.63, 3.8) is 0 Å². The van der Waals surface area contributed by atoms with Crippen molar-refractivity contribution in [2.75, 3.05) is 16.8 Å². The quantitative estimate of drug-likeness (QED) is 0.602. The van der Waals surface area contributed by atoms with E-state index < -0.39 is 17.3 Å². The monoisotopic (exact) mass is 459 g/mol. The van der Waals surface area contributed by atoms with E-state index in [1.54, 1.807) is 23.1 Å². The second-order valence-corrected chi connectivity index (χ2v) is 8.40. The van der Waals surface area contributed by atoms with Crippen LogP contribution in [0.3, 0.4) is 0 Å². The van der Waals surface area contributed by atoms with Crippen molar-refractivity contribution >= 4 is 51.3 Å². The summed E-state index contributed by atoms with van der Waals surface area (Å²) >= 11 is 5.76. The maximum atomic E-state index is 14.8. The number of nitriles is 1. The first kappa shape index (κ1) is 21.0. The highest BCUT2D eigenvalue weighted by atomic mass is 32.1. The molecule has 1 aromatic heterocycles. The molecule has 2 aliphatic rings. The molecule has 3 aromatic rings. The molecule has 1 saturated heterocycles. The Balaban J connectivity index is 1.64. The van der Waals surface area contributed by atoms with E-state index in [2.05, 4.69) is 16.4 Å². The van der Waals surface area contributed by atoms with Gasteiger partial charge in [-0.1, -0.05) is 24.3 Å². The summed E-state index contributed by atoms with van der Waals surface area (Å²) in [5.74, 6) is -1.43. The number of nitrogens with one attached hydrogen (secondary N) is 1. The molecule has 7 nitrogen and oxygen atoms in total. The largest absolute Gasteiger partial charge is 0.355 e. The molecule has 0 unspecified atom stereocenters. The van der Waals surface area contributed by atoms with Crippen molar-refractivity contribution in [1.29, 1.82) is 5.26 Å². The zero-order valence-corrected chi connectivity index (χ0v) is 18.4. The van der Waals surface area contributed by atoms with Crippen LogP contribution in [0.1, 0.15) is 35.3 Å². The van der Waals surface area contributed by atoms with Crippen molar-refractivity contribution in [3.8, 4) is 6.07 Å². The Morgan fingerprint density at radius 2 is 1.97 bits per heavy atom. The number of carbonyl (C=O) groups is 2. The van der Waals surface area contributed by atoms with Crippen LogP contribution in [0.25, 0.3) is 10.8 Å². The van der Waals surface area contributed by atoms with Gasteiger partial charge in [-0.3, -0.25) is 14.5 Å². The Morgan fingerprint density at radius 3 is 2.58 bits per heavy atom. The number of halogens is 1. The van der Waals surface area contributed by atoms with Crippen LogP contribution >= 0.6 is 12.2 Å². The van der Waals surface area contributed by atoms with Crippen LogP contribution in [0.2, 0.25) is 0 Å². The summed E-state index contributed by atoms with van der Waals surface area (Å²) in [7, 11) is 1.43. The summed E-state index contributed by atoms with van der Waals surface area (Å²) in [6.07, 6.45) is 3.46. The van der Waals surface area contributed by atoms with Crippen LogP contribution in [-0.2, 0) is 4.79 Å². The fourth-order valence-electron chi connectivity index (χ4n) is 4.60. The number of benzene rings is 2. The number of hydrogen-bond donors (Lipinski definition) is 1. The van der Waals surface area contributed by atoms with Gasteiger partial charge in [0.15, 0.2) is 5.11 Å². The number of hydrogen-bond acceptors (Lipinski definition) is 5. The smallest absolute Gasteiger partial charge is 0.259 e. The number of aromatic nitrogens is 1. The molecule has 9 heteroatoms. The minimum atomic E-state index is -0.910. The predicted octanol–water partition coefficient (Wildman–Crippen LogP) is 3.67. The molecule has 1 spiro atoms. The Hall–Kier alpha value is -3.90. The summed E-state index contributed by atoms with van der Waals surface area (Å²) in [6, 6.07) is 13.5. The molecule has 1 N–H and O–H groups in total. The molecule has 0 radical (unpaired) electrons. The van der Waals surface area contributed by atoms with E-state index in [9.17, 15) is 19.2 Å². The molecule has 33 heavy (non-hydrogen) atoms.